The van der Waals surface area contributed by atoms with Gasteiger partial charge in [0.05, 0.1) is 24.2 Å². The first-order chi connectivity index (χ1) is 16.0. The van der Waals surface area contributed by atoms with E-state index in [1.54, 1.807) is 0 Å². The molecule has 1 heterocycles. The number of azide groups is 1. The number of carbonyl (C=O) groups excluding carboxylic acids is 1. The molecule has 0 saturated carbocycles. The third-order valence-corrected chi connectivity index (χ3v) is 7.15. The van der Waals surface area contributed by atoms with Crippen LogP contribution in [0.5, 0.6) is 0 Å². The molecule has 1 aromatic carbocycles. The van der Waals surface area contributed by atoms with E-state index in [-0.39, 0.29) is 39.3 Å². The highest BCUT2D eigenvalue weighted by molar-refractivity contribution is 7.89. The number of rotatable bonds is 11. The highest BCUT2D eigenvalue weighted by atomic mass is 32.2. The van der Waals surface area contributed by atoms with Crippen molar-refractivity contribution in [3.63, 3.8) is 0 Å². The molecule has 0 radical (unpaired) electrons. The Hall–Kier alpha value is -3.46. The molecule has 1 N–H and O–H groups in total. The second-order valence-corrected chi connectivity index (χ2v) is 9.35. The predicted octanol–water partition coefficient (Wildman–Crippen LogP) is 1.12. The Morgan fingerprint density at radius 3 is 2.50 bits per heavy atom. The van der Waals surface area contributed by atoms with Gasteiger partial charge in [0.25, 0.3) is 15.7 Å². The number of nitro benzene ring substituents is 1. The summed E-state index contributed by atoms with van der Waals surface area (Å²) in [4.78, 5) is 38.8. The molecule has 0 bridgehead atoms. The summed E-state index contributed by atoms with van der Waals surface area (Å²) in [6, 6.07) is 2.74. The third-order valence-electron chi connectivity index (χ3n) is 5.23. The number of nitro groups is 1. The summed E-state index contributed by atoms with van der Waals surface area (Å²) in [7, 11) is -1.65. The Bertz CT molecular complexity index is 1080. The number of amides is 2. The molecule has 1 aliphatic rings. The number of carbonyl (C=O) groups is 2. The second kappa shape index (κ2) is 11.6. The van der Waals surface area contributed by atoms with Crippen LogP contribution in [0.25, 0.3) is 10.4 Å². The second-order valence-electron chi connectivity index (χ2n) is 7.49. The molecule has 2 amide bonds. The largest absolute Gasteiger partial charge is 0.465 e. The smallest absolute Gasteiger partial charge is 0.407 e. The maximum atomic E-state index is 13.3. The quantitative estimate of drug-likeness (QED) is 0.116. The molecule has 0 aliphatic carbocycles. The van der Waals surface area contributed by atoms with Crippen LogP contribution in [0.1, 0.15) is 6.42 Å². The number of hydrogen-bond acceptors (Lipinski definition) is 8. The molecule has 15 nitrogen and oxygen atoms in total. The predicted molar refractivity (Wildman–Crippen MR) is 117 cm³/mol. The van der Waals surface area contributed by atoms with Gasteiger partial charge < -0.3 is 19.6 Å². The van der Waals surface area contributed by atoms with Gasteiger partial charge in [-0.15, -0.1) is 0 Å². The normalized spacial score (nSPS) is 18.2. The molecule has 186 valence electrons. The highest BCUT2D eigenvalue weighted by Crippen LogP contribution is 2.33. The number of nitrogens with zero attached hydrogens (tertiary/aromatic N) is 7. The maximum absolute atomic E-state index is 13.3. The summed E-state index contributed by atoms with van der Waals surface area (Å²) in [5.74, 6) is -0.593. The van der Waals surface area contributed by atoms with Crippen LogP contribution in [0.15, 0.2) is 34.3 Å². The first kappa shape index (κ1) is 26.8. The Balaban J connectivity index is 2.17. The number of carboxylic acid groups (broad SMARTS) is 1. The molecule has 1 saturated heterocycles. The van der Waals surface area contributed by atoms with Gasteiger partial charge >= 0.3 is 6.09 Å². The fraction of sp³-hybridized carbons (Fsp3) is 0.556. The van der Waals surface area contributed by atoms with E-state index in [1.165, 1.54) is 31.1 Å². The number of hydrogen-bond donors (Lipinski definition) is 1. The van der Waals surface area contributed by atoms with Crippen molar-refractivity contribution in [2.75, 3.05) is 46.9 Å². The zero-order valence-corrected chi connectivity index (χ0v) is 19.4. The summed E-state index contributed by atoms with van der Waals surface area (Å²) in [5.41, 5.74) is 8.14. The van der Waals surface area contributed by atoms with E-state index in [0.29, 0.717) is 0 Å². The van der Waals surface area contributed by atoms with Crippen molar-refractivity contribution in [2.45, 2.75) is 23.4 Å². The topological polar surface area (TPSA) is 199 Å². The van der Waals surface area contributed by atoms with Crippen molar-refractivity contribution in [2.24, 2.45) is 5.11 Å². The van der Waals surface area contributed by atoms with Gasteiger partial charge in [-0.25, -0.2) is 13.2 Å². The SMILES string of the molecule is CN(CCOCCN(C)C(=O)[C@@H]1C[C@H](N=[N+]=[N-])CN1S(=O)(=O)c1ccccc1[N+](=O)[O-])C(=O)O. The molecule has 34 heavy (non-hydrogen) atoms. The van der Waals surface area contributed by atoms with E-state index in [1.807, 2.05) is 0 Å². The Morgan fingerprint density at radius 2 is 1.91 bits per heavy atom. The number of benzene rings is 1. The fourth-order valence-electron chi connectivity index (χ4n) is 3.35. The van der Waals surface area contributed by atoms with Crippen LogP contribution < -0.4 is 0 Å². The Labute approximate surface area is 195 Å². The zero-order valence-electron chi connectivity index (χ0n) is 18.6. The van der Waals surface area contributed by atoms with Crippen LogP contribution in [-0.2, 0) is 19.6 Å². The lowest BCUT2D eigenvalue weighted by Gasteiger charge is -2.27. The van der Waals surface area contributed by atoms with E-state index >= 15 is 0 Å². The van der Waals surface area contributed by atoms with Crippen molar-refractivity contribution in [1.82, 2.24) is 14.1 Å². The number of likely N-dealkylation sites (N-methyl/N-ethyl adjacent to an activating group) is 2. The fourth-order valence-corrected chi connectivity index (χ4v) is 5.14. The van der Waals surface area contributed by atoms with Gasteiger partial charge in [-0.05, 0) is 18.0 Å². The van der Waals surface area contributed by atoms with Crippen molar-refractivity contribution < 1.29 is 32.8 Å². The Morgan fingerprint density at radius 1 is 1.29 bits per heavy atom. The van der Waals surface area contributed by atoms with Crippen molar-refractivity contribution >= 4 is 27.7 Å². The van der Waals surface area contributed by atoms with Gasteiger partial charge in [-0.2, -0.15) is 4.31 Å². The summed E-state index contributed by atoms with van der Waals surface area (Å²) in [6.07, 6.45) is -1.19. The van der Waals surface area contributed by atoms with Crippen LogP contribution in [0, 0.1) is 10.1 Å². The zero-order chi connectivity index (χ0) is 25.5. The third kappa shape index (κ3) is 6.32. The summed E-state index contributed by atoms with van der Waals surface area (Å²) in [5, 5.41) is 23.7. The number of sulfonamides is 1. The first-order valence-corrected chi connectivity index (χ1v) is 11.5. The van der Waals surface area contributed by atoms with Gasteiger partial charge in [0.2, 0.25) is 5.91 Å². The lowest BCUT2D eigenvalue weighted by atomic mass is 10.1. The molecule has 0 spiro atoms. The molecule has 2 atom stereocenters. The van der Waals surface area contributed by atoms with Gasteiger partial charge in [0.1, 0.15) is 6.04 Å². The van der Waals surface area contributed by atoms with Gasteiger partial charge in [0, 0.05) is 44.7 Å². The monoisotopic (exact) mass is 499 g/mol. The maximum Gasteiger partial charge on any atom is 0.407 e. The molecular formula is C18H25N7O8S. The van der Waals surface area contributed by atoms with Crippen LogP contribution in [-0.4, -0.2) is 104 Å². The molecule has 2 rings (SSSR count). The average Bonchev–Trinajstić information content (AvgIpc) is 3.23. The van der Waals surface area contributed by atoms with Gasteiger partial charge in [-0.1, -0.05) is 17.2 Å². The van der Waals surface area contributed by atoms with Crippen LogP contribution >= 0.6 is 0 Å². The lowest BCUT2D eigenvalue weighted by Crippen LogP contribution is -2.47. The van der Waals surface area contributed by atoms with E-state index in [0.717, 1.165) is 21.3 Å². The Kier molecular flexibility index (Phi) is 9.14. The summed E-state index contributed by atoms with van der Waals surface area (Å²) < 4.78 is 32.8. The number of para-hydroxylation sites is 1. The molecule has 1 aliphatic heterocycles. The minimum Gasteiger partial charge on any atom is -0.465 e. The minimum absolute atomic E-state index is 0.0686. The molecule has 1 aromatic rings. The molecule has 16 heteroatoms. The van der Waals surface area contributed by atoms with E-state index < -0.39 is 49.6 Å². The average molecular weight is 500 g/mol. The first-order valence-electron chi connectivity index (χ1n) is 10.1. The van der Waals surface area contributed by atoms with E-state index in [4.69, 9.17) is 15.4 Å². The molecule has 0 aromatic heterocycles. The summed E-state index contributed by atoms with van der Waals surface area (Å²) >= 11 is 0. The number of ether oxygens (including phenoxy) is 1. The van der Waals surface area contributed by atoms with Crippen LogP contribution in [0.4, 0.5) is 10.5 Å². The highest BCUT2D eigenvalue weighted by Gasteiger charge is 2.46. The van der Waals surface area contributed by atoms with Crippen LogP contribution in [0.3, 0.4) is 0 Å². The summed E-state index contributed by atoms with van der Waals surface area (Å²) in [6.45, 7) is 0.0776. The molecule has 0 unspecified atom stereocenters. The molecular weight excluding hydrogens is 474 g/mol. The molecule has 1 fully saturated rings. The standard InChI is InChI=1S/C18H25N7O8S/c1-22(7-9-33-10-8-23(2)18(27)28)17(26)15-11-13(20-21-19)12-24(15)34(31,32)16-6-4-3-5-14(16)25(29)30/h3-6,13,15H,7-12H2,1-2H3,(H,27,28)/t13-,15-/m0/s1. The van der Waals surface area contributed by atoms with Gasteiger partial charge in [-0.3, -0.25) is 14.9 Å². The van der Waals surface area contributed by atoms with Crippen LogP contribution in [0.2, 0.25) is 0 Å². The van der Waals surface area contributed by atoms with E-state index in [2.05, 4.69) is 10.0 Å². The minimum atomic E-state index is -4.47. The van der Waals surface area contributed by atoms with Crippen molar-refractivity contribution in [3.8, 4) is 0 Å². The lowest BCUT2D eigenvalue weighted by molar-refractivity contribution is -0.387. The van der Waals surface area contributed by atoms with Crippen molar-refractivity contribution in [3.05, 3.63) is 44.8 Å². The van der Waals surface area contributed by atoms with E-state index in [9.17, 15) is 28.1 Å². The van der Waals surface area contributed by atoms with Gasteiger partial charge in [0.15, 0.2) is 4.90 Å². The van der Waals surface area contributed by atoms with Crippen molar-refractivity contribution in [1.29, 1.82) is 0 Å².